The molecule has 2 atom stereocenters. The van der Waals surface area contributed by atoms with Crippen molar-refractivity contribution in [2.75, 3.05) is 14.2 Å². The second-order valence-corrected chi connectivity index (χ2v) is 4.69. The molecule has 1 unspecified atom stereocenters. The molecule has 0 fully saturated rings. The minimum absolute atomic E-state index is 0.00150. The molecule has 0 spiro atoms. The first-order valence-corrected chi connectivity index (χ1v) is 6.60. The Morgan fingerprint density at radius 3 is 2.35 bits per heavy atom. The summed E-state index contributed by atoms with van der Waals surface area (Å²) in [7, 11) is 3.07. The number of methoxy groups -OCH3 is 2. The number of aryl methyl sites for hydroxylation is 1. The van der Waals surface area contributed by atoms with Crippen LogP contribution in [0.15, 0.2) is 48.6 Å². The van der Waals surface area contributed by atoms with E-state index in [1.54, 1.807) is 13.2 Å². The highest BCUT2D eigenvalue weighted by Crippen LogP contribution is 2.26. The zero-order chi connectivity index (χ0) is 15.0. The molecule has 1 aromatic rings. The molecular formula is C17H22O3. The summed E-state index contributed by atoms with van der Waals surface area (Å²) in [4.78, 5) is 10.9. The molecule has 108 valence electrons. The molecule has 0 heterocycles. The fraction of sp³-hybridized carbons (Fsp3) is 0.353. The van der Waals surface area contributed by atoms with E-state index in [9.17, 15) is 4.79 Å². The molecule has 20 heavy (non-hydrogen) atoms. The SMILES string of the molecule is COC(=O)/C=C/C=C/[C@@H](C)C(OC)c1ccc(C)cc1. The lowest BCUT2D eigenvalue weighted by Gasteiger charge is -2.20. The van der Waals surface area contributed by atoms with Crippen LogP contribution in [0.2, 0.25) is 0 Å². The predicted molar refractivity (Wildman–Crippen MR) is 80.4 cm³/mol. The largest absolute Gasteiger partial charge is 0.466 e. The smallest absolute Gasteiger partial charge is 0.330 e. The second kappa shape index (κ2) is 8.33. The third kappa shape index (κ3) is 5.02. The average molecular weight is 274 g/mol. The summed E-state index contributed by atoms with van der Waals surface area (Å²) >= 11 is 0. The summed E-state index contributed by atoms with van der Waals surface area (Å²) in [6.45, 7) is 4.14. The number of esters is 1. The van der Waals surface area contributed by atoms with Crippen molar-refractivity contribution in [1.29, 1.82) is 0 Å². The van der Waals surface area contributed by atoms with Crippen LogP contribution >= 0.6 is 0 Å². The Morgan fingerprint density at radius 1 is 1.15 bits per heavy atom. The average Bonchev–Trinajstić information content (AvgIpc) is 2.46. The molecule has 0 radical (unpaired) electrons. The molecule has 0 bridgehead atoms. The number of carbonyl (C=O) groups is 1. The first-order chi connectivity index (χ1) is 9.58. The van der Waals surface area contributed by atoms with Gasteiger partial charge in [0, 0.05) is 19.1 Å². The van der Waals surface area contributed by atoms with Gasteiger partial charge in [-0.3, -0.25) is 0 Å². The maximum absolute atomic E-state index is 10.9. The van der Waals surface area contributed by atoms with E-state index >= 15 is 0 Å². The third-order valence-electron chi connectivity index (χ3n) is 3.10. The van der Waals surface area contributed by atoms with Crippen LogP contribution in [0.1, 0.15) is 24.2 Å². The maximum Gasteiger partial charge on any atom is 0.330 e. The van der Waals surface area contributed by atoms with Crippen LogP contribution < -0.4 is 0 Å². The molecule has 0 aromatic heterocycles. The summed E-state index contributed by atoms with van der Waals surface area (Å²) in [5.74, 6) is -0.158. The van der Waals surface area contributed by atoms with Crippen LogP contribution in [-0.4, -0.2) is 20.2 Å². The molecule has 3 nitrogen and oxygen atoms in total. The Kier molecular flexibility index (Phi) is 6.74. The van der Waals surface area contributed by atoms with E-state index in [0.29, 0.717) is 0 Å². The molecule has 0 saturated heterocycles. The van der Waals surface area contributed by atoms with E-state index in [1.165, 1.54) is 18.7 Å². The highest BCUT2D eigenvalue weighted by molar-refractivity contribution is 5.82. The van der Waals surface area contributed by atoms with Gasteiger partial charge < -0.3 is 9.47 Å². The van der Waals surface area contributed by atoms with E-state index in [4.69, 9.17) is 4.74 Å². The molecule has 0 N–H and O–H groups in total. The van der Waals surface area contributed by atoms with Crippen LogP contribution in [-0.2, 0) is 14.3 Å². The molecule has 0 amide bonds. The third-order valence-corrected chi connectivity index (χ3v) is 3.10. The normalized spacial score (nSPS) is 14.6. The van der Waals surface area contributed by atoms with Gasteiger partial charge in [-0.15, -0.1) is 0 Å². The number of rotatable bonds is 6. The standard InChI is InChI=1S/C17H22O3/c1-13-9-11-15(12-10-13)17(20-4)14(2)7-5-6-8-16(18)19-3/h5-12,14,17H,1-4H3/b7-5+,8-6+/t14-,17?/m1/s1. The Bertz CT molecular complexity index is 472. The summed E-state index contributed by atoms with van der Waals surface area (Å²) < 4.78 is 10.1. The van der Waals surface area contributed by atoms with Gasteiger partial charge in [0.25, 0.3) is 0 Å². The lowest BCUT2D eigenvalue weighted by Crippen LogP contribution is -2.09. The van der Waals surface area contributed by atoms with Crippen molar-refractivity contribution in [3.63, 3.8) is 0 Å². The van der Waals surface area contributed by atoms with Gasteiger partial charge in [0.05, 0.1) is 13.2 Å². The Labute approximate surface area is 120 Å². The minimum atomic E-state index is -0.357. The fourth-order valence-corrected chi connectivity index (χ4v) is 1.95. The van der Waals surface area contributed by atoms with Crippen molar-refractivity contribution in [3.8, 4) is 0 Å². The van der Waals surface area contributed by atoms with Gasteiger partial charge in [-0.1, -0.05) is 55.0 Å². The topological polar surface area (TPSA) is 35.5 Å². The van der Waals surface area contributed by atoms with Crippen molar-refractivity contribution in [3.05, 3.63) is 59.7 Å². The van der Waals surface area contributed by atoms with Crippen molar-refractivity contribution in [1.82, 2.24) is 0 Å². The van der Waals surface area contributed by atoms with Gasteiger partial charge in [-0.05, 0) is 12.5 Å². The molecule has 0 saturated carbocycles. The first-order valence-electron chi connectivity index (χ1n) is 6.60. The van der Waals surface area contributed by atoms with E-state index in [1.807, 2.05) is 12.2 Å². The summed E-state index contributed by atoms with van der Waals surface area (Å²) in [6.07, 6.45) is 6.90. The van der Waals surface area contributed by atoms with Crippen LogP contribution in [0.25, 0.3) is 0 Å². The quantitative estimate of drug-likeness (QED) is 0.451. The second-order valence-electron chi connectivity index (χ2n) is 4.69. The molecule has 3 heteroatoms. The fourth-order valence-electron chi connectivity index (χ4n) is 1.95. The summed E-state index contributed by atoms with van der Waals surface area (Å²) in [5, 5.41) is 0. The molecule has 0 aliphatic carbocycles. The molecule has 1 rings (SSSR count). The first kappa shape index (κ1) is 16.2. The highest BCUT2D eigenvalue weighted by Gasteiger charge is 2.15. The van der Waals surface area contributed by atoms with Crippen molar-refractivity contribution in [2.24, 2.45) is 5.92 Å². The van der Waals surface area contributed by atoms with Gasteiger partial charge in [0.2, 0.25) is 0 Å². The zero-order valence-corrected chi connectivity index (χ0v) is 12.5. The van der Waals surface area contributed by atoms with E-state index in [0.717, 1.165) is 5.56 Å². The maximum atomic E-state index is 10.9. The van der Waals surface area contributed by atoms with E-state index in [2.05, 4.69) is 42.8 Å². The van der Waals surface area contributed by atoms with E-state index in [-0.39, 0.29) is 18.0 Å². The van der Waals surface area contributed by atoms with Crippen molar-refractivity contribution < 1.29 is 14.3 Å². The van der Waals surface area contributed by atoms with Crippen LogP contribution in [0.3, 0.4) is 0 Å². The number of ether oxygens (including phenoxy) is 2. The number of hydrogen-bond acceptors (Lipinski definition) is 3. The van der Waals surface area contributed by atoms with Gasteiger partial charge in [-0.2, -0.15) is 0 Å². The highest BCUT2D eigenvalue weighted by atomic mass is 16.5. The number of benzene rings is 1. The lowest BCUT2D eigenvalue weighted by molar-refractivity contribution is -0.134. The van der Waals surface area contributed by atoms with Gasteiger partial charge >= 0.3 is 5.97 Å². The van der Waals surface area contributed by atoms with Crippen LogP contribution in [0, 0.1) is 12.8 Å². The Balaban J connectivity index is 2.70. The summed E-state index contributed by atoms with van der Waals surface area (Å²) in [5.41, 5.74) is 2.38. The molecular weight excluding hydrogens is 252 g/mol. The number of carbonyl (C=O) groups excluding carboxylic acids is 1. The molecule has 1 aromatic carbocycles. The minimum Gasteiger partial charge on any atom is -0.466 e. The number of allylic oxidation sites excluding steroid dienone is 2. The predicted octanol–water partition coefficient (Wildman–Crippen LogP) is 3.60. The Hall–Kier alpha value is -1.87. The van der Waals surface area contributed by atoms with Crippen LogP contribution in [0.4, 0.5) is 0 Å². The number of hydrogen-bond donors (Lipinski definition) is 0. The molecule has 0 aliphatic heterocycles. The van der Waals surface area contributed by atoms with Crippen LogP contribution in [0.5, 0.6) is 0 Å². The zero-order valence-electron chi connectivity index (χ0n) is 12.5. The van der Waals surface area contributed by atoms with E-state index < -0.39 is 0 Å². The van der Waals surface area contributed by atoms with Crippen molar-refractivity contribution >= 4 is 5.97 Å². The summed E-state index contributed by atoms with van der Waals surface area (Å²) in [6, 6.07) is 8.32. The van der Waals surface area contributed by atoms with Gasteiger partial charge in [-0.25, -0.2) is 4.79 Å². The lowest BCUT2D eigenvalue weighted by atomic mass is 9.96. The van der Waals surface area contributed by atoms with Gasteiger partial charge in [0.15, 0.2) is 0 Å². The van der Waals surface area contributed by atoms with Gasteiger partial charge in [0.1, 0.15) is 0 Å². The monoisotopic (exact) mass is 274 g/mol. The molecule has 0 aliphatic rings. The van der Waals surface area contributed by atoms with Crippen molar-refractivity contribution in [2.45, 2.75) is 20.0 Å². The Morgan fingerprint density at radius 2 is 1.80 bits per heavy atom.